The van der Waals surface area contributed by atoms with Crippen molar-refractivity contribution in [3.05, 3.63) is 82.7 Å². The predicted molar refractivity (Wildman–Crippen MR) is 107 cm³/mol. The van der Waals surface area contributed by atoms with E-state index in [-0.39, 0.29) is 5.91 Å². The highest BCUT2D eigenvalue weighted by molar-refractivity contribution is 8.03. The van der Waals surface area contributed by atoms with Crippen molar-refractivity contribution in [2.24, 2.45) is 4.99 Å². The number of aromatic nitrogens is 1. The number of allylic oxidation sites excluding steroid dienone is 2. The van der Waals surface area contributed by atoms with Crippen LogP contribution in [0, 0.1) is 0 Å². The maximum Gasteiger partial charge on any atom is 0.224 e. The Balaban J connectivity index is 1.60. The minimum atomic E-state index is -0.00808. The second kappa shape index (κ2) is 9.15. The van der Waals surface area contributed by atoms with Crippen LogP contribution in [0.1, 0.15) is 30.9 Å². The van der Waals surface area contributed by atoms with Crippen molar-refractivity contribution in [2.45, 2.75) is 31.2 Å². The van der Waals surface area contributed by atoms with Crippen molar-refractivity contribution >= 4 is 23.9 Å². The molecule has 0 bridgehead atoms. The fourth-order valence-corrected chi connectivity index (χ4v) is 3.61. The van der Waals surface area contributed by atoms with Crippen LogP contribution in [0.4, 0.5) is 0 Å². The van der Waals surface area contributed by atoms with Crippen molar-refractivity contribution in [1.82, 2.24) is 10.3 Å². The van der Waals surface area contributed by atoms with Crippen molar-refractivity contribution in [2.75, 3.05) is 0 Å². The number of aliphatic imine (C=N–C) groups is 1. The van der Waals surface area contributed by atoms with Gasteiger partial charge in [0.05, 0.1) is 5.70 Å². The summed E-state index contributed by atoms with van der Waals surface area (Å²) in [6, 6.07) is 12.0. The summed E-state index contributed by atoms with van der Waals surface area (Å²) in [5.41, 5.74) is 3.16. The molecule has 0 saturated heterocycles. The van der Waals surface area contributed by atoms with Crippen molar-refractivity contribution in [1.29, 1.82) is 0 Å². The number of hydrogen-bond donors (Lipinski definition) is 1. The molecule has 1 amide bonds. The second-order valence-corrected chi connectivity index (χ2v) is 6.89. The van der Waals surface area contributed by atoms with E-state index >= 15 is 0 Å². The first-order valence-corrected chi connectivity index (χ1v) is 9.44. The van der Waals surface area contributed by atoms with Crippen LogP contribution in [0.25, 0.3) is 0 Å². The molecular formula is C21H21N3OS. The molecule has 0 spiro atoms. The monoisotopic (exact) mass is 363 g/mol. The van der Waals surface area contributed by atoms with Crippen molar-refractivity contribution < 1.29 is 4.79 Å². The van der Waals surface area contributed by atoms with Gasteiger partial charge in [0, 0.05) is 46.9 Å². The summed E-state index contributed by atoms with van der Waals surface area (Å²) < 4.78 is 0. The molecule has 0 radical (unpaired) electrons. The van der Waals surface area contributed by atoms with Crippen LogP contribution in [0.3, 0.4) is 0 Å². The Morgan fingerprint density at radius 1 is 1.23 bits per heavy atom. The van der Waals surface area contributed by atoms with Gasteiger partial charge in [0.2, 0.25) is 5.91 Å². The second-order valence-electron chi connectivity index (χ2n) is 5.81. The molecule has 1 aliphatic rings. The summed E-state index contributed by atoms with van der Waals surface area (Å²) in [6.45, 7) is 2.59. The number of thioether (sulfide) groups is 1. The maximum atomic E-state index is 12.0. The molecule has 5 heteroatoms. The summed E-state index contributed by atoms with van der Waals surface area (Å²) >= 11 is 1.70. The zero-order chi connectivity index (χ0) is 18.2. The number of carbonyl (C=O) groups excluding carboxylic acids is 1. The number of nitrogens with one attached hydrogen (secondary N) is 1. The van der Waals surface area contributed by atoms with E-state index in [0.717, 1.165) is 28.1 Å². The Bertz CT molecular complexity index is 857. The van der Waals surface area contributed by atoms with E-state index in [1.165, 1.54) is 4.90 Å². The molecular weight excluding hydrogens is 342 g/mol. The third-order valence-corrected chi connectivity index (χ3v) is 5.09. The molecule has 0 aliphatic carbocycles. The average Bonchev–Trinajstić information content (AvgIpc) is 2.86. The van der Waals surface area contributed by atoms with E-state index in [4.69, 9.17) is 0 Å². The number of benzene rings is 1. The normalized spacial score (nSPS) is 13.6. The van der Waals surface area contributed by atoms with Crippen LogP contribution in [-0.4, -0.2) is 17.1 Å². The van der Waals surface area contributed by atoms with Gasteiger partial charge in [0.25, 0.3) is 0 Å². The predicted octanol–water partition coefficient (Wildman–Crippen LogP) is 4.49. The number of pyridine rings is 1. The largest absolute Gasteiger partial charge is 0.352 e. The zero-order valence-electron chi connectivity index (χ0n) is 14.7. The topological polar surface area (TPSA) is 54.4 Å². The molecule has 1 aromatic carbocycles. The van der Waals surface area contributed by atoms with Crippen LogP contribution in [-0.2, 0) is 11.3 Å². The van der Waals surface area contributed by atoms with Crippen LogP contribution in [0.5, 0.6) is 0 Å². The fraction of sp³-hybridized carbons (Fsp3) is 0.190. The Morgan fingerprint density at radius 2 is 2.12 bits per heavy atom. The fourth-order valence-electron chi connectivity index (χ4n) is 2.51. The molecule has 1 N–H and O–H groups in total. The molecule has 132 valence electrons. The molecule has 2 heterocycles. The van der Waals surface area contributed by atoms with Gasteiger partial charge in [0.15, 0.2) is 0 Å². The molecule has 4 nitrogen and oxygen atoms in total. The van der Waals surface area contributed by atoms with E-state index in [0.29, 0.717) is 13.0 Å². The molecule has 2 aromatic rings. The van der Waals surface area contributed by atoms with Gasteiger partial charge in [-0.15, -0.1) is 0 Å². The highest BCUT2D eigenvalue weighted by atomic mass is 32.2. The first-order chi connectivity index (χ1) is 12.8. The third-order valence-electron chi connectivity index (χ3n) is 3.90. The molecule has 26 heavy (non-hydrogen) atoms. The lowest BCUT2D eigenvalue weighted by atomic mass is 10.2. The number of amides is 1. The van der Waals surface area contributed by atoms with Crippen molar-refractivity contribution in [3.8, 4) is 0 Å². The zero-order valence-corrected chi connectivity index (χ0v) is 15.5. The van der Waals surface area contributed by atoms with Gasteiger partial charge in [-0.05, 0) is 30.2 Å². The van der Waals surface area contributed by atoms with Gasteiger partial charge in [-0.25, -0.2) is 0 Å². The minimum absolute atomic E-state index is 0.00808. The number of rotatable bonds is 6. The number of nitrogens with zero attached hydrogens (tertiary/aromatic N) is 2. The maximum absolute atomic E-state index is 12.0. The highest BCUT2D eigenvalue weighted by Gasteiger charge is 2.11. The summed E-state index contributed by atoms with van der Waals surface area (Å²) in [5, 5.41) is 2.91. The van der Waals surface area contributed by atoms with E-state index in [9.17, 15) is 4.79 Å². The SMILES string of the molecule is CCC1=C(/C=C\CC(=O)NCc2cccnc2)Sc2ccccc2C=N1. The van der Waals surface area contributed by atoms with Crippen LogP contribution in [0.15, 0.2) is 81.4 Å². The average molecular weight is 363 g/mol. The van der Waals surface area contributed by atoms with E-state index in [1.807, 2.05) is 42.6 Å². The van der Waals surface area contributed by atoms with E-state index in [2.05, 4.69) is 34.3 Å². The standard InChI is InChI=1S/C21H21N3OS/c1-2-18-20(26-19-9-4-3-8-17(19)15-23-18)10-5-11-21(25)24-14-16-7-6-12-22-13-16/h3-10,12-13,15H,2,11,14H2,1H3,(H,24,25)/b10-5-. The van der Waals surface area contributed by atoms with Gasteiger partial charge in [0.1, 0.15) is 0 Å². The van der Waals surface area contributed by atoms with Gasteiger partial charge in [-0.2, -0.15) is 0 Å². The molecule has 0 atom stereocenters. The summed E-state index contributed by atoms with van der Waals surface area (Å²) in [4.78, 5) is 23.0. The lowest BCUT2D eigenvalue weighted by Gasteiger charge is -2.06. The Labute approximate surface area is 158 Å². The van der Waals surface area contributed by atoms with Gasteiger partial charge in [-0.1, -0.05) is 49.0 Å². The van der Waals surface area contributed by atoms with Crippen molar-refractivity contribution in [3.63, 3.8) is 0 Å². The lowest BCUT2D eigenvalue weighted by Crippen LogP contribution is -2.21. The molecule has 3 rings (SSSR count). The van der Waals surface area contributed by atoms with Crippen LogP contribution >= 0.6 is 11.8 Å². The molecule has 1 aromatic heterocycles. The summed E-state index contributed by atoms with van der Waals surface area (Å²) in [5.74, 6) is -0.00808. The van der Waals surface area contributed by atoms with Gasteiger partial charge < -0.3 is 5.32 Å². The van der Waals surface area contributed by atoms with E-state index < -0.39 is 0 Å². The number of fused-ring (bicyclic) bond motifs is 1. The molecule has 1 aliphatic heterocycles. The smallest absolute Gasteiger partial charge is 0.224 e. The Morgan fingerprint density at radius 3 is 2.92 bits per heavy atom. The molecule has 0 fully saturated rings. The Hall–Kier alpha value is -2.66. The highest BCUT2D eigenvalue weighted by Crippen LogP contribution is 2.35. The van der Waals surface area contributed by atoms with Crippen LogP contribution < -0.4 is 5.32 Å². The summed E-state index contributed by atoms with van der Waals surface area (Å²) in [6.07, 6.45) is 10.5. The van der Waals surface area contributed by atoms with Crippen LogP contribution in [0.2, 0.25) is 0 Å². The molecule has 0 unspecified atom stereocenters. The lowest BCUT2D eigenvalue weighted by molar-refractivity contribution is -0.120. The summed E-state index contributed by atoms with van der Waals surface area (Å²) in [7, 11) is 0. The van der Waals surface area contributed by atoms with Gasteiger partial charge in [-0.3, -0.25) is 14.8 Å². The first kappa shape index (κ1) is 18.1. The quantitative estimate of drug-likeness (QED) is 0.823. The van der Waals surface area contributed by atoms with Gasteiger partial charge >= 0.3 is 0 Å². The third kappa shape index (κ3) is 4.92. The molecule has 0 saturated carbocycles. The Kier molecular flexibility index (Phi) is 6.39. The number of carbonyl (C=O) groups is 1. The minimum Gasteiger partial charge on any atom is -0.352 e. The number of hydrogen-bond acceptors (Lipinski definition) is 4. The van der Waals surface area contributed by atoms with E-state index in [1.54, 1.807) is 24.2 Å². The first-order valence-electron chi connectivity index (χ1n) is 8.62.